The number of hydrogen-bond donors (Lipinski definition) is 0. The molecule has 378 valence electrons. The Kier molecular flexibility index (Phi) is 15.5. The van der Waals surface area contributed by atoms with E-state index in [9.17, 15) is 19.2 Å². The lowest BCUT2D eigenvalue weighted by atomic mass is 9.50. The van der Waals surface area contributed by atoms with Gasteiger partial charge in [-0.25, -0.2) is 19.2 Å². The van der Waals surface area contributed by atoms with Crippen molar-refractivity contribution < 1.29 is 47.6 Å². The molecule has 0 aromatic heterocycles. The van der Waals surface area contributed by atoms with Crippen molar-refractivity contribution in [1.82, 2.24) is 0 Å². The van der Waals surface area contributed by atoms with E-state index in [1.807, 2.05) is 0 Å². The van der Waals surface area contributed by atoms with Crippen molar-refractivity contribution >= 4 is 23.9 Å². The Hall–Kier alpha value is -6.10. The first-order valence-electron chi connectivity index (χ1n) is 26.1. The van der Waals surface area contributed by atoms with Crippen molar-refractivity contribution in [3.63, 3.8) is 0 Å². The van der Waals surface area contributed by atoms with Crippen LogP contribution in [0.5, 0.6) is 0 Å². The van der Waals surface area contributed by atoms with Gasteiger partial charge in [0.1, 0.15) is 12.7 Å². The SMILES string of the molecule is CC(C)[C@@H](C)/C=C/[C@@H](C)[C@H]1CC[C@H]2C3=CC=C4C[C@@H](O[C@@H]5O[C@H](COC(=O)c6ccccc6)[C@H](OC(=O)c6ccccc6)[C@H](OC(=O)c6ccccc6)[C@H]5OC(=O)c5ccccc5)CC[C@]4(C)[C@H]3CC[C@]12C. The highest BCUT2D eigenvalue weighted by molar-refractivity contribution is 5.91. The van der Waals surface area contributed by atoms with Crippen LogP contribution in [0.1, 0.15) is 128 Å². The first-order valence-corrected chi connectivity index (χ1v) is 26.1. The lowest BCUT2D eigenvalue weighted by Gasteiger charge is -2.55. The van der Waals surface area contributed by atoms with Crippen LogP contribution in [0.4, 0.5) is 0 Å². The second-order valence-electron chi connectivity index (χ2n) is 21.7. The van der Waals surface area contributed by atoms with Gasteiger partial charge in [-0.15, -0.1) is 0 Å². The van der Waals surface area contributed by atoms with Gasteiger partial charge in [0.25, 0.3) is 0 Å². The molecule has 0 unspecified atom stereocenters. The standard InChI is InChI=1S/C62H70O10/c1-39(2)40(3)27-28-41(4)49-31-32-50-48-30-29-46-37-47(33-35-61(46,5)51(48)34-36-62(49,50)6)68-60-55(72-59(66)45-25-17-10-18-26-45)54(71-58(65)44-23-15-9-16-24-44)53(70-57(64)43-21-13-8-14-22-43)52(69-60)38-67-56(63)42-19-11-7-12-20-42/h7-30,39-41,47,49-55,60H,31-38H2,1-6H3/b28-27+/t40-,41+,47-,49+,50-,51-,52+,53-,54-,55+,60+,61-,62+/m0/s1. The predicted molar refractivity (Wildman–Crippen MR) is 275 cm³/mol. The summed E-state index contributed by atoms with van der Waals surface area (Å²) >= 11 is 0. The molecule has 0 N–H and O–H groups in total. The van der Waals surface area contributed by atoms with E-state index in [4.69, 9.17) is 28.4 Å². The van der Waals surface area contributed by atoms with E-state index in [1.165, 1.54) is 24.8 Å². The molecule has 72 heavy (non-hydrogen) atoms. The maximum absolute atomic E-state index is 14.2. The number of allylic oxidation sites excluding steroid dienone is 5. The zero-order chi connectivity index (χ0) is 50.6. The maximum atomic E-state index is 14.2. The minimum absolute atomic E-state index is 0.0627. The number of ether oxygens (including phenoxy) is 6. The third kappa shape index (κ3) is 10.7. The molecule has 1 aliphatic heterocycles. The minimum Gasteiger partial charge on any atom is -0.459 e. The number of benzene rings is 4. The van der Waals surface area contributed by atoms with E-state index in [0.29, 0.717) is 53.9 Å². The van der Waals surface area contributed by atoms with Gasteiger partial charge >= 0.3 is 23.9 Å². The fourth-order valence-electron chi connectivity index (χ4n) is 12.5. The second kappa shape index (κ2) is 21.9. The summed E-state index contributed by atoms with van der Waals surface area (Å²) < 4.78 is 38.7. The van der Waals surface area contributed by atoms with Crippen molar-refractivity contribution in [2.75, 3.05) is 6.61 Å². The Labute approximate surface area is 425 Å². The van der Waals surface area contributed by atoms with Crippen LogP contribution in [0.2, 0.25) is 0 Å². The molecule has 1 saturated heterocycles. The normalized spacial score (nSPS) is 30.6. The number of esters is 4. The number of rotatable bonds is 15. The highest BCUT2D eigenvalue weighted by Crippen LogP contribution is 2.66. The van der Waals surface area contributed by atoms with Crippen molar-refractivity contribution in [3.05, 3.63) is 179 Å². The third-order valence-electron chi connectivity index (χ3n) is 17.1. The Bertz CT molecular complexity index is 2630. The molecule has 0 spiro atoms. The fraction of sp³-hybridized carbons (Fsp3) is 0.452. The number of carbonyl (C=O) groups is 4. The molecule has 0 radical (unpaired) electrons. The van der Waals surface area contributed by atoms with Crippen LogP contribution >= 0.6 is 0 Å². The van der Waals surface area contributed by atoms with Gasteiger partial charge in [0, 0.05) is 0 Å². The van der Waals surface area contributed by atoms with Gasteiger partial charge in [0.15, 0.2) is 24.6 Å². The molecule has 4 aromatic rings. The van der Waals surface area contributed by atoms with Crippen molar-refractivity contribution in [2.45, 2.75) is 123 Å². The van der Waals surface area contributed by atoms with E-state index in [0.717, 1.165) is 12.8 Å². The van der Waals surface area contributed by atoms with E-state index in [-0.39, 0.29) is 27.5 Å². The van der Waals surface area contributed by atoms with Gasteiger partial charge in [0.05, 0.1) is 28.4 Å². The Balaban J connectivity index is 1.03. The average Bonchev–Trinajstić information content (AvgIpc) is 3.77. The lowest BCUT2D eigenvalue weighted by molar-refractivity contribution is -0.310. The number of fused-ring (bicyclic) bond motifs is 5. The average molecular weight is 975 g/mol. The van der Waals surface area contributed by atoms with Crippen LogP contribution in [0.3, 0.4) is 0 Å². The topological polar surface area (TPSA) is 124 Å². The quantitative estimate of drug-likeness (QED) is 0.0646. The van der Waals surface area contributed by atoms with Crippen LogP contribution < -0.4 is 0 Å². The van der Waals surface area contributed by atoms with Crippen molar-refractivity contribution in [3.8, 4) is 0 Å². The smallest absolute Gasteiger partial charge is 0.338 e. The molecule has 10 heteroatoms. The molecule has 3 saturated carbocycles. The minimum atomic E-state index is -1.49. The molecule has 4 aromatic carbocycles. The van der Waals surface area contributed by atoms with Crippen LogP contribution in [-0.4, -0.2) is 67.3 Å². The van der Waals surface area contributed by atoms with Crippen LogP contribution in [0.25, 0.3) is 0 Å². The van der Waals surface area contributed by atoms with Gasteiger partial charge < -0.3 is 28.4 Å². The predicted octanol–water partition coefficient (Wildman–Crippen LogP) is 12.6. The lowest BCUT2D eigenvalue weighted by Crippen LogP contribution is -2.63. The molecule has 4 fully saturated rings. The monoisotopic (exact) mass is 974 g/mol. The van der Waals surface area contributed by atoms with E-state index in [2.05, 4.69) is 65.8 Å². The van der Waals surface area contributed by atoms with Crippen molar-refractivity contribution in [2.24, 2.45) is 46.3 Å². The Morgan fingerprint density at radius 1 is 0.597 bits per heavy atom. The van der Waals surface area contributed by atoms with E-state index >= 15 is 0 Å². The summed E-state index contributed by atoms with van der Waals surface area (Å²) in [6.07, 6.45) is 9.30. The molecule has 0 bridgehead atoms. The summed E-state index contributed by atoms with van der Waals surface area (Å²) in [5, 5.41) is 0. The van der Waals surface area contributed by atoms with Gasteiger partial charge in [-0.05, 0) is 140 Å². The molecule has 0 amide bonds. The zero-order valence-electron chi connectivity index (χ0n) is 42.5. The zero-order valence-corrected chi connectivity index (χ0v) is 42.5. The molecule has 10 nitrogen and oxygen atoms in total. The summed E-state index contributed by atoms with van der Waals surface area (Å²) in [4.78, 5) is 56.0. The van der Waals surface area contributed by atoms with Gasteiger partial charge in [-0.3, -0.25) is 0 Å². The summed E-state index contributed by atoms with van der Waals surface area (Å²) in [6, 6.07) is 33.7. The van der Waals surface area contributed by atoms with E-state index in [1.54, 1.807) is 127 Å². The largest absolute Gasteiger partial charge is 0.459 e. The third-order valence-corrected chi connectivity index (χ3v) is 17.1. The molecule has 13 atom stereocenters. The molecular formula is C62H70O10. The van der Waals surface area contributed by atoms with Gasteiger partial charge in [-0.1, -0.05) is 150 Å². The van der Waals surface area contributed by atoms with E-state index < -0.39 is 67.3 Å². The fourth-order valence-corrected chi connectivity index (χ4v) is 12.5. The Morgan fingerprint density at radius 2 is 1.12 bits per heavy atom. The van der Waals surface area contributed by atoms with Crippen LogP contribution in [0.15, 0.2) is 157 Å². The van der Waals surface area contributed by atoms with Gasteiger partial charge in [0.2, 0.25) is 0 Å². The van der Waals surface area contributed by atoms with Gasteiger partial charge in [-0.2, -0.15) is 0 Å². The summed E-state index contributed by atoms with van der Waals surface area (Å²) in [7, 11) is 0. The molecule has 4 aliphatic carbocycles. The summed E-state index contributed by atoms with van der Waals surface area (Å²) in [6.45, 7) is 13.9. The molecular weight excluding hydrogens is 905 g/mol. The summed E-state index contributed by atoms with van der Waals surface area (Å²) in [5.41, 5.74) is 4.10. The highest BCUT2D eigenvalue weighted by atomic mass is 16.7. The molecule has 5 aliphatic rings. The van der Waals surface area contributed by atoms with Crippen LogP contribution in [0, 0.1) is 46.3 Å². The summed E-state index contributed by atoms with van der Waals surface area (Å²) in [5.74, 6) is 0.460. The Morgan fingerprint density at radius 3 is 1.68 bits per heavy atom. The van der Waals surface area contributed by atoms with Crippen molar-refractivity contribution in [1.29, 1.82) is 0 Å². The first kappa shape index (κ1) is 50.8. The van der Waals surface area contributed by atoms with Crippen LogP contribution in [-0.2, 0) is 28.4 Å². The number of carbonyl (C=O) groups excluding carboxylic acids is 4. The highest BCUT2D eigenvalue weighted by Gasteiger charge is 2.58. The number of hydrogen-bond acceptors (Lipinski definition) is 10. The second-order valence-corrected chi connectivity index (χ2v) is 21.7. The first-order chi connectivity index (χ1) is 34.7. The molecule has 9 rings (SSSR count). The molecule has 1 heterocycles. The maximum Gasteiger partial charge on any atom is 0.338 e.